The zero-order valence-electron chi connectivity index (χ0n) is 50.8. The minimum absolute atomic E-state index is 0.0776. The van der Waals surface area contributed by atoms with Crippen molar-refractivity contribution in [3.8, 4) is 11.5 Å². The second-order valence-corrected chi connectivity index (χ2v) is 23.1. The number of ether oxygens (including phenoxy) is 10. The van der Waals surface area contributed by atoms with E-state index in [1.54, 1.807) is 47.7 Å². The van der Waals surface area contributed by atoms with E-state index >= 15 is 4.57 Å². The highest BCUT2D eigenvalue weighted by atomic mass is 31.2. The molecule has 8 rings (SSSR count). The van der Waals surface area contributed by atoms with Crippen LogP contribution in [-0.2, 0) is 76.3 Å². The van der Waals surface area contributed by atoms with Gasteiger partial charge in [-0.05, 0) is 80.8 Å². The predicted octanol–water partition coefficient (Wildman–Crippen LogP) is 7.71. The molecule has 25 nitrogen and oxygen atoms in total. The normalized spacial score (nSPS) is 21.0. The summed E-state index contributed by atoms with van der Waals surface area (Å²) >= 11 is 0. The number of hydrogen-bond donors (Lipinski definition) is 2. The Bertz CT molecular complexity index is 3280. The molecule has 0 saturated carbocycles. The Kier molecular flexibility index (Phi) is 22.9. The Morgan fingerprint density at radius 3 is 1.86 bits per heavy atom. The van der Waals surface area contributed by atoms with Crippen LogP contribution >= 0.6 is 7.75 Å². The average Bonchev–Trinajstić information content (AvgIpc) is 1.22. The maximum absolute atomic E-state index is 16.0. The molecule has 6 aromatic rings. The van der Waals surface area contributed by atoms with Gasteiger partial charge in [-0.1, -0.05) is 72.8 Å². The molecular weight excluding hydrogens is 1160 g/mol. The molecule has 2 aliphatic rings. The van der Waals surface area contributed by atoms with Gasteiger partial charge in [-0.2, -0.15) is 0 Å². The second-order valence-electron chi connectivity index (χ2n) is 21.3. The number of fused-ring (bicyclic) bond motifs is 1. The maximum atomic E-state index is 16.0. The lowest BCUT2D eigenvalue weighted by Gasteiger charge is -2.44. The summed E-state index contributed by atoms with van der Waals surface area (Å²) in [6.45, 7) is 11.0. The van der Waals surface area contributed by atoms with E-state index in [9.17, 15) is 24.0 Å². The van der Waals surface area contributed by atoms with E-state index in [0.717, 1.165) is 30.5 Å². The Morgan fingerprint density at radius 2 is 1.28 bits per heavy atom. The van der Waals surface area contributed by atoms with Gasteiger partial charge >= 0.3 is 25.7 Å². The smallest absolute Gasteiger partial charge is 0.409 e. The first-order chi connectivity index (χ1) is 42.2. The number of nitrogens with one attached hydrogen (secondary N) is 2. The van der Waals surface area contributed by atoms with Gasteiger partial charge in [-0.15, -0.1) is 0 Å². The summed E-state index contributed by atoms with van der Waals surface area (Å²) in [5.41, 5.74) is 2.04. The molecule has 0 radical (unpaired) electrons. The Morgan fingerprint density at radius 1 is 0.693 bits per heavy atom. The molecule has 0 spiro atoms. The van der Waals surface area contributed by atoms with Crippen molar-refractivity contribution in [1.82, 2.24) is 29.5 Å². The van der Waals surface area contributed by atoms with Crippen molar-refractivity contribution in [2.45, 2.75) is 129 Å². The molecule has 26 heteroatoms. The number of imidazole rings is 1. The highest BCUT2D eigenvalue weighted by Gasteiger charge is 2.52. The number of nitrogens with zero attached hydrogens (tertiary/aromatic N) is 5. The summed E-state index contributed by atoms with van der Waals surface area (Å²) < 4.78 is 92.7. The van der Waals surface area contributed by atoms with Crippen molar-refractivity contribution in [3.63, 3.8) is 0 Å². The van der Waals surface area contributed by atoms with Crippen molar-refractivity contribution in [2.24, 2.45) is 0 Å². The predicted molar refractivity (Wildman–Crippen MR) is 318 cm³/mol. The van der Waals surface area contributed by atoms with E-state index in [2.05, 4.69) is 25.6 Å². The molecular formula is C62H76N7O18P. The zero-order valence-corrected chi connectivity index (χ0v) is 51.7. The quantitative estimate of drug-likeness (QED) is 0.0149. The van der Waals surface area contributed by atoms with Crippen LogP contribution < -0.4 is 20.1 Å². The maximum Gasteiger partial charge on any atom is 0.409 e. The summed E-state index contributed by atoms with van der Waals surface area (Å²) in [6, 6.07) is 31.7. The van der Waals surface area contributed by atoms with Gasteiger partial charge in [0.1, 0.15) is 60.6 Å². The fourth-order valence-electron chi connectivity index (χ4n) is 10.8. The minimum Gasteiger partial charge on any atom is -0.497 e. The van der Waals surface area contributed by atoms with Crippen LogP contribution in [0, 0.1) is 0 Å². The minimum atomic E-state index is -4.36. The number of methoxy groups -OCH3 is 2. The average molecular weight is 1240 g/mol. The van der Waals surface area contributed by atoms with Gasteiger partial charge in [0.25, 0.3) is 5.91 Å². The molecule has 2 amide bonds. The first-order valence-electron chi connectivity index (χ1n) is 28.7. The van der Waals surface area contributed by atoms with E-state index in [1.165, 1.54) is 26.5 Å². The standard InChI is InChI=1S/C62H76N7O18P/c1-38(2)69(39(3)4)88(75,82-32-30-78-29-31-79-61-54(66-40(5)70)57(84-43(8)73)56(83-42(7)72)52(86-61)34-80-41(6)71)87-50-33-53(68-37-65-55-58(63-36-64-59(55)68)67-60(74)44-17-13-11-14-18-44)85-51(50)35-81-62(45-19-15-12-16-20-45,46-21-25-48(76-9)26-22-46)47-23-27-49(77-10)28-24-47/h11-28,36-39,50-54,56-57,61H,29-35H2,1-10H3,(H,66,70)(H,63,64,67,74)/t50-,51+,52+,53+,54+,56-,57+,61+,88?/m0/s1. The lowest BCUT2D eigenvalue weighted by atomic mass is 9.80. The molecule has 88 heavy (non-hydrogen) atoms. The Balaban J connectivity index is 1.08. The Hall–Kier alpha value is -7.71. The van der Waals surface area contributed by atoms with E-state index in [1.807, 2.05) is 113 Å². The number of benzene rings is 4. The van der Waals surface area contributed by atoms with Gasteiger partial charge in [-0.25, -0.2) is 24.2 Å². The molecule has 2 N–H and O–H groups in total. The molecule has 2 fully saturated rings. The van der Waals surface area contributed by atoms with Crippen LogP contribution in [0.25, 0.3) is 11.2 Å². The summed E-state index contributed by atoms with van der Waals surface area (Å²) in [7, 11) is -1.17. The van der Waals surface area contributed by atoms with Crippen molar-refractivity contribution >= 4 is 54.5 Å². The molecule has 2 aliphatic heterocycles. The van der Waals surface area contributed by atoms with E-state index in [-0.39, 0.29) is 57.4 Å². The summed E-state index contributed by atoms with van der Waals surface area (Å²) in [5, 5.41) is 5.53. The van der Waals surface area contributed by atoms with Crippen molar-refractivity contribution in [3.05, 3.63) is 144 Å². The number of rotatable bonds is 29. The zero-order chi connectivity index (χ0) is 63.1. The lowest BCUT2D eigenvalue weighted by Crippen LogP contribution is -2.66. The fourth-order valence-corrected chi connectivity index (χ4v) is 13.1. The van der Waals surface area contributed by atoms with Crippen LogP contribution in [0.4, 0.5) is 5.82 Å². The number of aromatic nitrogens is 4. The number of esters is 3. The molecule has 9 atom stereocenters. The van der Waals surface area contributed by atoms with Gasteiger partial charge in [0, 0.05) is 51.8 Å². The number of hydrogen-bond acceptors (Lipinski definition) is 21. The summed E-state index contributed by atoms with van der Waals surface area (Å²) in [6.07, 6.45) is -5.02. The third kappa shape index (κ3) is 16.1. The largest absolute Gasteiger partial charge is 0.497 e. The van der Waals surface area contributed by atoms with Crippen LogP contribution in [-0.4, -0.2) is 163 Å². The first kappa shape index (κ1) is 66.2. The molecule has 2 saturated heterocycles. The monoisotopic (exact) mass is 1240 g/mol. The number of carbonyl (C=O) groups is 5. The SMILES string of the molecule is COc1ccc(C(OC[C@H]2O[C@@H](n3cnc4c(NC(=O)c5ccccc5)ncnc43)C[C@@H]2OP(=O)(OCCOCCO[C@@H]2O[C@H](COC(C)=O)[C@H](OC(C)=O)[C@H](OC(C)=O)[C@H]2NC(C)=O)N(C(C)C)C(C)C)(c2ccccc2)c2ccc(OC)cc2)cc1. The molecule has 0 bridgehead atoms. The van der Waals surface area contributed by atoms with E-state index in [4.69, 9.17) is 56.4 Å². The van der Waals surface area contributed by atoms with Crippen molar-refractivity contribution in [1.29, 1.82) is 0 Å². The highest BCUT2D eigenvalue weighted by Crippen LogP contribution is 2.57. The molecule has 2 aromatic heterocycles. The van der Waals surface area contributed by atoms with Crippen LogP contribution in [0.15, 0.2) is 122 Å². The molecule has 4 aromatic carbocycles. The lowest BCUT2D eigenvalue weighted by molar-refractivity contribution is -0.279. The number of carbonyl (C=O) groups excluding carboxylic acids is 5. The van der Waals surface area contributed by atoms with Gasteiger partial charge in [0.2, 0.25) is 5.91 Å². The van der Waals surface area contributed by atoms with Gasteiger partial charge in [-0.3, -0.25) is 37.6 Å². The van der Waals surface area contributed by atoms with Crippen LogP contribution in [0.2, 0.25) is 0 Å². The van der Waals surface area contributed by atoms with Crippen LogP contribution in [0.3, 0.4) is 0 Å². The third-order valence-corrected chi connectivity index (χ3v) is 17.0. The number of anilines is 1. The van der Waals surface area contributed by atoms with E-state index < -0.39 is 98.8 Å². The van der Waals surface area contributed by atoms with Gasteiger partial charge in [0.15, 0.2) is 35.5 Å². The van der Waals surface area contributed by atoms with E-state index in [0.29, 0.717) is 28.2 Å². The molecule has 4 heterocycles. The molecule has 1 unspecified atom stereocenters. The van der Waals surface area contributed by atoms with Crippen molar-refractivity contribution < 1.29 is 85.0 Å². The van der Waals surface area contributed by atoms with Crippen LogP contribution in [0.1, 0.15) is 95.1 Å². The summed E-state index contributed by atoms with van der Waals surface area (Å²) in [4.78, 5) is 76.1. The number of amides is 2. The topological polar surface area (TPSA) is 284 Å². The van der Waals surface area contributed by atoms with Crippen molar-refractivity contribution in [2.75, 3.05) is 59.2 Å². The first-order valence-corrected chi connectivity index (χ1v) is 30.2. The molecule has 472 valence electrons. The molecule has 0 aliphatic carbocycles. The summed E-state index contributed by atoms with van der Waals surface area (Å²) in [5.74, 6) is -1.65. The Labute approximate surface area is 510 Å². The van der Waals surface area contributed by atoms with Gasteiger partial charge in [0.05, 0.1) is 53.6 Å². The fraction of sp³-hybridized carbons (Fsp3) is 0.452. The highest BCUT2D eigenvalue weighted by molar-refractivity contribution is 7.51. The second kappa shape index (κ2) is 30.5. The third-order valence-electron chi connectivity index (χ3n) is 14.4. The van der Waals surface area contributed by atoms with Gasteiger partial charge < -0.3 is 58.0 Å². The van der Waals surface area contributed by atoms with Crippen LogP contribution in [0.5, 0.6) is 11.5 Å².